The molecule has 0 aliphatic heterocycles. The second-order valence-corrected chi connectivity index (χ2v) is 2.05. The fourth-order valence-electron chi connectivity index (χ4n) is 0. The topological polar surface area (TPSA) is 0 Å². The van der Waals surface area contributed by atoms with E-state index in [1.807, 2.05) is 0 Å². The maximum absolute atomic E-state index is 5.04. The van der Waals surface area contributed by atoms with Crippen molar-refractivity contribution < 1.29 is 0 Å². The van der Waals surface area contributed by atoms with Gasteiger partial charge in [0.15, 0.2) is 0 Å². The molecular weight excluding hydrogens is 366 g/mol. The molecule has 0 saturated carbocycles. The van der Waals surface area contributed by atoms with Crippen molar-refractivity contribution in [3.63, 3.8) is 0 Å². The molecule has 1 unspecified atom stereocenters. The molecule has 0 aliphatic carbocycles. The summed E-state index contributed by atoms with van der Waals surface area (Å²) in [5.41, 5.74) is 0. The zero-order valence-corrected chi connectivity index (χ0v) is 12.3. The zero-order chi connectivity index (χ0) is 3.58. The summed E-state index contributed by atoms with van der Waals surface area (Å²) in [6.45, 7) is 1.70. The summed E-state index contributed by atoms with van der Waals surface area (Å²) >= 11 is 10.1. The first-order chi connectivity index (χ1) is 1.73. The third-order valence-corrected chi connectivity index (χ3v) is 0. The number of alkyl halides is 2. The molecule has 0 radical (unpaired) electrons. The van der Waals surface area contributed by atoms with E-state index in [9.17, 15) is 0 Å². The van der Waals surface area contributed by atoms with Crippen LogP contribution in [0.15, 0.2) is 0 Å². The van der Waals surface area contributed by atoms with Gasteiger partial charge in [-0.25, -0.2) is 0 Å². The van der Waals surface area contributed by atoms with E-state index in [2.05, 4.69) is 0 Å². The highest BCUT2D eigenvalue weighted by Gasteiger charge is 1.75. The molecule has 0 aromatic heterocycles. The summed E-state index contributed by atoms with van der Waals surface area (Å²) in [4.78, 5) is -0.222. The lowest BCUT2D eigenvalue weighted by Gasteiger charge is -1.72. The van der Waals surface area contributed by atoms with Gasteiger partial charge in [-0.3, -0.25) is 0 Å². The smallest absolute Gasteiger partial charge is 0.105 e. The van der Waals surface area contributed by atoms with Gasteiger partial charge < -0.3 is 0 Å². The fraction of sp³-hybridized carbons (Fsp3) is 1.00. The number of rotatable bonds is 0. The molecule has 0 rings (SSSR count). The minimum Gasteiger partial charge on any atom is -0.153 e. The van der Waals surface area contributed by atoms with Gasteiger partial charge in [0.05, 0.1) is 0 Å². The molecule has 0 fully saturated rings. The first-order valence-electron chi connectivity index (χ1n) is 1.01. The Morgan fingerprint density at radius 2 is 1.00 bits per heavy atom. The van der Waals surface area contributed by atoms with Crippen molar-refractivity contribution >= 4 is 84.0 Å². The Morgan fingerprint density at radius 1 is 1.00 bits per heavy atom. The highest BCUT2D eigenvalue weighted by atomic mass is 79.9. The summed E-state index contributed by atoms with van der Waals surface area (Å²) in [5, 5.41) is 0. The standard InChI is InChI=1S/C2H4Cl2.3BrH.H3P/c1-2(3)4;;;;/h2H,1H3;3*1H;1H3. The molecule has 0 aliphatic rings. The Balaban J connectivity index is -0.00000000750. The Bertz CT molecular complexity index is 20.0. The van der Waals surface area contributed by atoms with E-state index in [4.69, 9.17) is 23.2 Å². The summed E-state index contributed by atoms with van der Waals surface area (Å²) in [6, 6.07) is 0. The molecule has 8 heavy (non-hydrogen) atoms. The predicted molar refractivity (Wildman–Crippen MR) is 63.2 cm³/mol. The average molecular weight is 376 g/mol. The molecule has 0 heterocycles. The van der Waals surface area contributed by atoms with E-state index < -0.39 is 0 Å². The van der Waals surface area contributed by atoms with Crippen LogP contribution in [0.3, 0.4) is 0 Å². The lowest BCUT2D eigenvalue weighted by Crippen LogP contribution is -1.63. The van der Waals surface area contributed by atoms with Gasteiger partial charge in [0.25, 0.3) is 0 Å². The highest BCUT2D eigenvalue weighted by molar-refractivity contribution is 8.93. The first kappa shape index (κ1) is 31.4. The van der Waals surface area contributed by atoms with E-state index >= 15 is 0 Å². The van der Waals surface area contributed by atoms with Crippen LogP contribution in [-0.2, 0) is 0 Å². The van der Waals surface area contributed by atoms with Crippen LogP contribution in [0.4, 0.5) is 0 Å². The van der Waals surface area contributed by atoms with Gasteiger partial charge >= 0.3 is 0 Å². The van der Waals surface area contributed by atoms with Crippen LogP contribution in [0.2, 0.25) is 0 Å². The minimum atomic E-state index is -0.222. The van der Waals surface area contributed by atoms with E-state index in [-0.39, 0.29) is 65.7 Å². The molecule has 0 aromatic carbocycles. The van der Waals surface area contributed by atoms with Crippen LogP contribution in [-0.4, -0.2) is 4.84 Å². The van der Waals surface area contributed by atoms with Crippen LogP contribution in [0.5, 0.6) is 0 Å². The van der Waals surface area contributed by atoms with Crippen LogP contribution in [0.1, 0.15) is 6.92 Å². The summed E-state index contributed by atoms with van der Waals surface area (Å²) in [7, 11) is 0. The van der Waals surface area contributed by atoms with E-state index in [0.717, 1.165) is 0 Å². The Morgan fingerprint density at radius 3 is 1.00 bits per heavy atom. The molecule has 0 spiro atoms. The van der Waals surface area contributed by atoms with Gasteiger partial charge in [-0.1, -0.05) is 0 Å². The van der Waals surface area contributed by atoms with Crippen molar-refractivity contribution in [3.8, 4) is 0 Å². The van der Waals surface area contributed by atoms with Crippen LogP contribution < -0.4 is 0 Å². The SMILES string of the molecule is Br.Br.Br.CC(Cl)Cl.P. The molecule has 0 nitrogen and oxygen atoms in total. The van der Waals surface area contributed by atoms with Crippen molar-refractivity contribution in [2.75, 3.05) is 0 Å². The minimum absolute atomic E-state index is 0. The van der Waals surface area contributed by atoms with Crippen molar-refractivity contribution in [1.29, 1.82) is 0 Å². The quantitative estimate of drug-likeness (QED) is 0.448. The van der Waals surface area contributed by atoms with Crippen LogP contribution in [0.25, 0.3) is 0 Å². The molecule has 1 atom stereocenters. The summed E-state index contributed by atoms with van der Waals surface area (Å²) in [6.07, 6.45) is 0. The zero-order valence-electron chi connectivity index (χ0n) is 4.27. The first-order valence-corrected chi connectivity index (χ1v) is 1.89. The lowest BCUT2D eigenvalue weighted by molar-refractivity contribution is 1.39. The predicted octanol–water partition coefficient (Wildman–Crippen LogP) is 3.60. The molecule has 0 amide bonds. The monoisotopic (exact) mass is 372 g/mol. The third kappa shape index (κ3) is 78.1. The molecule has 58 valence electrons. The van der Waals surface area contributed by atoms with Gasteiger partial charge in [0.2, 0.25) is 0 Å². The maximum Gasteiger partial charge on any atom is 0.105 e. The van der Waals surface area contributed by atoms with Crippen molar-refractivity contribution in [2.24, 2.45) is 0 Å². The second kappa shape index (κ2) is 22.7. The molecule has 0 bridgehead atoms. The maximum atomic E-state index is 5.04. The molecule has 6 heteroatoms. The number of hydrogen-bond acceptors (Lipinski definition) is 0. The van der Waals surface area contributed by atoms with Crippen LogP contribution in [0, 0.1) is 0 Å². The van der Waals surface area contributed by atoms with E-state index in [0.29, 0.717) is 0 Å². The van der Waals surface area contributed by atoms with Gasteiger partial charge in [-0.15, -0.1) is 74.1 Å². The van der Waals surface area contributed by atoms with Crippen LogP contribution >= 0.6 is 84.0 Å². The van der Waals surface area contributed by atoms with Crippen molar-refractivity contribution in [1.82, 2.24) is 0 Å². The largest absolute Gasteiger partial charge is 0.153 e. The normalized spacial score (nSPS) is 4.50. The van der Waals surface area contributed by atoms with Gasteiger partial charge in [-0.05, 0) is 6.92 Å². The average Bonchev–Trinajstić information content (AvgIpc) is 0.811. The number of halogens is 5. The second-order valence-electron chi connectivity index (χ2n) is 0.519. The van der Waals surface area contributed by atoms with Gasteiger partial charge in [0, 0.05) is 0 Å². The molecule has 0 saturated heterocycles. The molecule has 0 N–H and O–H groups in total. The number of hydrogen-bond donors (Lipinski definition) is 0. The molecular formula is C2H10Br3Cl2P. The lowest BCUT2D eigenvalue weighted by atomic mass is 11.0. The Labute approximate surface area is 95.0 Å². The van der Waals surface area contributed by atoms with Crippen molar-refractivity contribution in [2.45, 2.75) is 11.8 Å². The van der Waals surface area contributed by atoms with E-state index in [1.54, 1.807) is 6.92 Å². The fourth-order valence-corrected chi connectivity index (χ4v) is 0. The Kier molecular flexibility index (Phi) is 89.2. The highest BCUT2D eigenvalue weighted by Crippen LogP contribution is 1.95. The van der Waals surface area contributed by atoms with Gasteiger partial charge in [0.1, 0.15) is 4.84 Å². The third-order valence-electron chi connectivity index (χ3n) is 0. The molecule has 0 aromatic rings. The Hall–Kier alpha value is 2.45. The van der Waals surface area contributed by atoms with E-state index in [1.165, 1.54) is 0 Å². The summed E-state index contributed by atoms with van der Waals surface area (Å²) < 4.78 is 0. The summed E-state index contributed by atoms with van der Waals surface area (Å²) in [5.74, 6) is 0. The van der Waals surface area contributed by atoms with Crippen molar-refractivity contribution in [3.05, 3.63) is 0 Å². The van der Waals surface area contributed by atoms with Gasteiger partial charge in [-0.2, -0.15) is 9.90 Å².